The fourth-order valence-corrected chi connectivity index (χ4v) is 8.52. The number of fused-ring (bicyclic) bond motifs is 3. The van der Waals surface area contributed by atoms with E-state index in [-0.39, 0.29) is 41.1 Å². The van der Waals surface area contributed by atoms with E-state index >= 15 is 0 Å². The van der Waals surface area contributed by atoms with Crippen LogP contribution in [0.15, 0.2) is 24.5 Å². The van der Waals surface area contributed by atoms with E-state index in [2.05, 4.69) is 43.8 Å². The number of ketones is 2. The molecule has 0 amide bonds. The summed E-state index contributed by atoms with van der Waals surface area (Å²) >= 11 is 6.38. The van der Waals surface area contributed by atoms with Crippen molar-refractivity contribution in [3.8, 4) is 23.0 Å². The average molecular weight is 803 g/mol. The van der Waals surface area contributed by atoms with Gasteiger partial charge in [0.1, 0.15) is 16.8 Å². The molecule has 3 aliphatic rings. The number of pyridine rings is 2. The van der Waals surface area contributed by atoms with Gasteiger partial charge in [-0.3, -0.25) is 19.6 Å². The zero-order chi connectivity index (χ0) is 41.0. The third-order valence-electron chi connectivity index (χ3n) is 10.8. The molecular weight excluding hydrogens is 752 g/mol. The number of anilines is 4. The van der Waals surface area contributed by atoms with Crippen LogP contribution in [0.25, 0.3) is 0 Å². The number of nitrogen functional groups attached to an aromatic ring is 2. The molecule has 1 aliphatic carbocycles. The number of hydrogen-bond acceptors (Lipinski definition) is 16. The van der Waals surface area contributed by atoms with Crippen LogP contribution in [0.4, 0.5) is 23.5 Å². The number of carbonyl (C=O) groups is 2. The number of aryl methyl sites for hydroxylation is 1. The molecule has 7 rings (SSSR count). The molecule has 17 heteroatoms. The molecule has 304 valence electrons. The number of hydrogen-bond donors (Lipinski definition) is 2. The zero-order valence-corrected chi connectivity index (χ0v) is 34.4. The predicted octanol–water partition coefficient (Wildman–Crippen LogP) is 5.41. The minimum absolute atomic E-state index is 0.0756. The number of methoxy groups -OCH3 is 4. The predicted molar refractivity (Wildman–Crippen MR) is 216 cm³/mol. The molecule has 57 heavy (non-hydrogen) atoms. The fourth-order valence-electron chi connectivity index (χ4n) is 8.21. The maximum absolute atomic E-state index is 13.4. The molecule has 0 saturated heterocycles. The van der Waals surface area contributed by atoms with E-state index < -0.39 is 5.41 Å². The second-order valence-electron chi connectivity index (χ2n) is 15.0. The molecule has 1 spiro atoms. The molecule has 0 bridgehead atoms. The highest BCUT2D eigenvalue weighted by atomic mass is 35.5. The average Bonchev–Trinajstić information content (AvgIpc) is 3.18. The molecule has 2 aliphatic heterocycles. The summed E-state index contributed by atoms with van der Waals surface area (Å²) in [5.41, 5.74) is 15.2. The summed E-state index contributed by atoms with van der Waals surface area (Å²) in [6.07, 6.45) is 8.87. The summed E-state index contributed by atoms with van der Waals surface area (Å²) in [7, 11) is 6.27. The number of halogens is 1. The van der Waals surface area contributed by atoms with Gasteiger partial charge in [0.2, 0.25) is 11.9 Å². The molecule has 6 heterocycles. The van der Waals surface area contributed by atoms with Crippen LogP contribution in [-0.2, 0) is 28.1 Å². The minimum atomic E-state index is -0.479. The lowest BCUT2D eigenvalue weighted by molar-refractivity contribution is -0.125. The van der Waals surface area contributed by atoms with Gasteiger partial charge in [-0.05, 0) is 32.1 Å². The van der Waals surface area contributed by atoms with Crippen molar-refractivity contribution in [2.75, 3.05) is 62.8 Å². The van der Waals surface area contributed by atoms with Crippen molar-refractivity contribution in [3.05, 3.63) is 57.9 Å². The SMILES string of the molecule is COc1cnc(CN2CC(=O)C(CC(C)C)c3c(Cl)nc(N)nc32)cc1OC.COc1cnc(CN2CC(=O)C3(CCCCC3)c3c(C)nc(N)nc32)cc1OC. The minimum Gasteiger partial charge on any atom is -0.493 e. The van der Waals surface area contributed by atoms with Gasteiger partial charge in [0, 0.05) is 29.0 Å². The molecular formula is C40H51ClN10O6. The number of Topliss-reactive ketones (excluding diaryl/α,β-unsaturated/α-hetero) is 2. The van der Waals surface area contributed by atoms with Crippen LogP contribution in [0.2, 0.25) is 5.15 Å². The molecule has 1 unspecified atom stereocenters. The van der Waals surface area contributed by atoms with Crippen molar-refractivity contribution in [1.82, 2.24) is 29.9 Å². The number of carbonyl (C=O) groups excluding carboxylic acids is 2. The molecule has 1 fully saturated rings. The third-order valence-corrected chi connectivity index (χ3v) is 11.1. The van der Waals surface area contributed by atoms with E-state index in [0.717, 1.165) is 48.5 Å². The summed E-state index contributed by atoms with van der Waals surface area (Å²) in [6, 6.07) is 3.60. The third kappa shape index (κ3) is 8.46. The van der Waals surface area contributed by atoms with Crippen LogP contribution in [0, 0.1) is 12.8 Å². The van der Waals surface area contributed by atoms with Gasteiger partial charge in [-0.15, -0.1) is 0 Å². The van der Waals surface area contributed by atoms with Crippen LogP contribution in [-0.4, -0.2) is 83.0 Å². The smallest absolute Gasteiger partial charge is 0.223 e. The Labute approximate surface area is 337 Å². The van der Waals surface area contributed by atoms with Crippen LogP contribution in [0.3, 0.4) is 0 Å². The highest BCUT2D eigenvalue weighted by molar-refractivity contribution is 6.31. The Morgan fingerprint density at radius 3 is 1.84 bits per heavy atom. The maximum Gasteiger partial charge on any atom is 0.223 e. The Hall–Kier alpha value is -5.51. The largest absolute Gasteiger partial charge is 0.493 e. The first-order valence-electron chi connectivity index (χ1n) is 19.0. The quantitative estimate of drug-likeness (QED) is 0.192. The Morgan fingerprint density at radius 2 is 1.30 bits per heavy atom. The van der Waals surface area contributed by atoms with E-state index in [0.29, 0.717) is 72.0 Å². The van der Waals surface area contributed by atoms with Gasteiger partial charge in [0.05, 0.1) is 89.7 Å². The lowest BCUT2D eigenvalue weighted by Gasteiger charge is -2.44. The van der Waals surface area contributed by atoms with Gasteiger partial charge in [-0.2, -0.15) is 9.97 Å². The molecule has 0 aromatic carbocycles. The summed E-state index contributed by atoms with van der Waals surface area (Å²) < 4.78 is 21.2. The first-order valence-corrected chi connectivity index (χ1v) is 19.4. The van der Waals surface area contributed by atoms with Crippen LogP contribution in [0.5, 0.6) is 23.0 Å². The number of rotatable bonds is 10. The normalized spacial score (nSPS) is 17.1. The molecule has 16 nitrogen and oxygen atoms in total. The van der Waals surface area contributed by atoms with Gasteiger partial charge in [0.15, 0.2) is 34.6 Å². The van der Waals surface area contributed by atoms with Crippen molar-refractivity contribution in [2.45, 2.75) is 83.7 Å². The molecule has 0 radical (unpaired) electrons. The van der Waals surface area contributed by atoms with Gasteiger partial charge in [-0.1, -0.05) is 44.7 Å². The van der Waals surface area contributed by atoms with Gasteiger partial charge in [-0.25, -0.2) is 9.97 Å². The Balaban J connectivity index is 0.000000193. The highest BCUT2D eigenvalue weighted by Gasteiger charge is 2.48. The van der Waals surface area contributed by atoms with E-state index in [9.17, 15) is 9.59 Å². The molecule has 4 aromatic rings. The van der Waals surface area contributed by atoms with E-state index in [1.54, 1.807) is 46.9 Å². The van der Waals surface area contributed by atoms with E-state index in [4.69, 9.17) is 42.0 Å². The molecule has 4 N–H and O–H groups in total. The first-order chi connectivity index (χ1) is 27.3. The number of aromatic nitrogens is 6. The van der Waals surface area contributed by atoms with Crippen molar-refractivity contribution in [2.24, 2.45) is 5.92 Å². The van der Waals surface area contributed by atoms with Crippen molar-refractivity contribution >= 4 is 46.7 Å². The Kier molecular flexibility index (Phi) is 12.5. The first kappa shape index (κ1) is 41.1. The lowest BCUT2D eigenvalue weighted by atomic mass is 9.64. The van der Waals surface area contributed by atoms with Crippen molar-refractivity contribution in [1.29, 1.82) is 0 Å². The monoisotopic (exact) mass is 802 g/mol. The second-order valence-corrected chi connectivity index (χ2v) is 15.3. The van der Waals surface area contributed by atoms with E-state index in [1.165, 1.54) is 6.42 Å². The summed E-state index contributed by atoms with van der Waals surface area (Å²) in [5.74, 6) is 4.22. The number of nitrogens with zero attached hydrogens (tertiary/aromatic N) is 8. The second kappa shape index (κ2) is 17.3. The van der Waals surface area contributed by atoms with Crippen LogP contribution in [0.1, 0.15) is 86.5 Å². The zero-order valence-electron chi connectivity index (χ0n) is 33.6. The highest BCUT2D eigenvalue weighted by Crippen LogP contribution is 2.48. The summed E-state index contributed by atoms with van der Waals surface area (Å²) in [5, 5.41) is 0.228. The van der Waals surface area contributed by atoms with Gasteiger partial charge < -0.3 is 40.2 Å². The topological polar surface area (TPSA) is 207 Å². The summed E-state index contributed by atoms with van der Waals surface area (Å²) in [4.78, 5) is 56.4. The fraction of sp³-hybridized carbons (Fsp3) is 0.500. The standard InChI is InChI=1S/C21H27N5O3.C19H24ClN5O3/c1-13-18-19(25-20(22)24-13)26(12-17(27)21(18)7-5-4-6-8-21)11-14-9-15(28-2)16(29-3)10-23-14;1-10(2)5-12-13(26)9-25(18-16(12)17(20)23-19(21)24-18)8-11-6-14(27-3)15(28-4)7-22-11/h9-10H,4-8,11-12H2,1-3H3,(H2,22,24,25);6-7,10,12H,5,8-9H2,1-4H3,(H2,21,23,24). The molecule has 4 aromatic heterocycles. The summed E-state index contributed by atoms with van der Waals surface area (Å²) in [6.45, 7) is 7.33. The van der Waals surface area contributed by atoms with E-state index in [1.807, 2.05) is 22.8 Å². The lowest BCUT2D eigenvalue weighted by Crippen LogP contribution is -2.50. The van der Waals surface area contributed by atoms with Crippen molar-refractivity contribution < 1.29 is 28.5 Å². The van der Waals surface area contributed by atoms with Gasteiger partial charge >= 0.3 is 0 Å². The number of nitrogens with two attached hydrogens (primary N) is 2. The van der Waals surface area contributed by atoms with Crippen molar-refractivity contribution in [3.63, 3.8) is 0 Å². The maximum atomic E-state index is 13.4. The Bertz CT molecular complexity index is 2130. The van der Waals surface area contributed by atoms with Crippen LogP contribution < -0.4 is 40.2 Å². The molecule has 1 atom stereocenters. The molecule has 1 saturated carbocycles. The Morgan fingerprint density at radius 1 is 0.772 bits per heavy atom. The number of ether oxygens (including phenoxy) is 4. The van der Waals surface area contributed by atoms with Crippen LogP contribution >= 0.6 is 11.6 Å². The van der Waals surface area contributed by atoms with Gasteiger partial charge in [0.25, 0.3) is 0 Å².